The van der Waals surface area contributed by atoms with Gasteiger partial charge in [-0.15, -0.1) is 0 Å². The number of nitriles is 1. The predicted octanol–water partition coefficient (Wildman–Crippen LogP) is 1.12. The molecule has 6 heteroatoms. The van der Waals surface area contributed by atoms with Crippen LogP contribution in [0.4, 0.5) is 4.39 Å². The van der Waals surface area contributed by atoms with E-state index in [1.165, 1.54) is 6.07 Å². The lowest BCUT2D eigenvalue weighted by Gasteiger charge is -2.02. The molecule has 0 aliphatic carbocycles. The van der Waals surface area contributed by atoms with Crippen LogP contribution < -0.4 is 11.6 Å². The molecule has 1 aromatic carbocycles. The van der Waals surface area contributed by atoms with Gasteiger partial charge in [-0.1, -0.05) is 17.8 Å². The average Bonchev–Trinajstić information content (AvgIpc) is 2.26. The number of rotatable bonds is 2. The fraction of sp³-hybridized carbons (Fsp3) is 0.111. The van der Waals surface area contributed by atoms with Gasteiger partial charge in [0.1, 0.15) is 5.82 Å². The number of nitrogens with zero attached hydrogens (tertiary/aromatic N) is 2. The van der Waals surface area contributed by atoms with Crippen LogP contribution in [0.5, 0.6) is 0 Å². The van der Waals surface area contributed by atoms with E-state index in [0.29, 0.717) is 16.9 Å². The molecule has 0 saturated carbocycles. The first-order valence-electron chi connectivity index (χ1n) is 4.02. The second-order valence-corrected chi connectivity index (χ2v) is 3.67. The largest absolute Gasteiger partial charge is 0.377 e. The molecule has 4 nitrogen and oxygen atoms in total. The summed E-state index contributed by atoms with van der Waals surface area (Å²) in [5, 5.41) is 12.0. The molecule has 0 spiro atoms. The zero-order valence-corrected chi connectivity index (χ0v) is 8.59. The van der Waals surface area contributed by atoms with Crippen molar-refractivity contribution in [3.05, 3.63) is 35.1 Å². The van der Waals surface area contributed by atoms with Gasteiger partial charge in [0.15, 0.2) is 5.17 Å². The summed E-state index contributed by atoms with van der Waals surface area (Å²) in [7, 11) is 0. The molecule has 0 unspecified atom stereocenters. The Kier molecular flexibility index (Phi) is 3.94. The standard InChI is InChI=1S/C9H9FN4S/c10-8-3-6(4-11)1-2-7(8)5-15-9(12)14-13/h1-3H,5,13H2,(H2,12,14). The van der Waals surface area contributed by atoms with E-state index in [1.54, 1.807) is 12.1 Å². The summed E-state index contributed by atoms with van der Waals surface area (Å²) in [6.45, 7) is 0. The monoisotopic (exact) mass is 224 g/mol. The molecule has 0 radical (unpaired) electrons. The Bertz CT molecular complexity index is 425. The van der Waals surface area contributed by atoms with E-state index >= 15 is 0 Å². The maximum Gasteiger partial charge on any atom is 0.177 e. The van der Waals surface area contributed by atoms with Crippen molar-refractivity contribution in [2.45, 2.75) is 5.75 Å². The number of benzene rings is 1. The van der Waals surface area contributed by atoms with Crippen molar-refractivity contribution in [2.75, 3.05) is 0 Å². The van der Waals surface area contributed by atoms with Crippen LogP contribution in [-0.4, -0.2) is 5.17 Å². The molecule has 0 heterocycles. The lowest BCUT2D eigenvalue weighted by atomic mass is 10.1. The third-order valence-electron chi connectivity index (χ3n) is 1.68. The molecular weight excluding hydrogens is 215 g/mol. The van der Waals surface area contributed by atoms with Gasteiger partial charge in [0, 0.05) is 5.75 Å². The number of hydrazone groups is 1. The third-order valence-corrected chi connectivity index (χ3v) is 2.54. The maximum absolute atomic E-state index is 13.3. The van der Waals surface area contributed by atoms with E-state index in [0.717, 1.165) is 11.8 Å². The second kappa shape index (κ2) is 5.22. The molecule has 0 amide bonds. The lowest BCUT2D eigenvalue weighted by Crippen LogP contribution is -2.09. The molecule has 0 saturated heterocycles. The minimum Gasteiger partial charge on any atom is -0.377 e. The third kappa shape index (κ3) is 3.14. The van der Waals surface area contributed by atoms with Gasteiger partial charge in [-0.2, -0.15) is 10.4 Å². The van der Waals surface area contributed by atoms with E-state index in [9.17, 15) is 4.39 Å². The molecule has 78 valence electrons. The number of amidine groups is 1. The highest BCUT2D eigenvalue weighted by Gasteiger charge is 2.04. The minimum absolute atomic E-state index is 0.193. The molecule has 4 N–H and O–H groups in total. The van der Waals surface area contributed by atoms with Crippen LogP contribution >= 0.6 is 11.8 Å². The lowest BCUT2D eigenvalue weighted by molar-refractivity contribution is 0.617. The molecule has 0 atom stereocenters. The summed E-state index contributed by atoms with van der Waals surface area (Å²) in [5.41, 5.74) is 6.10. The van der Waals surface area contributed by atoms with E-state index in [4.69, 9.17) is 16.8 Å². The highest BCUT2D eigenvalue weighted by atomic mass is 32.2. The van der Waals surface area contributed by atoms with Gasteiger partial charge in [0.05, 0.1) is 11.6 Å². The Morgan fingerprint density at radius 2 is 2.33 bits per heavy atom. The van der Waals surface area contributed by atoms with E-state index < -0.39 is 5.82 Å². The second-order valence-electron chi connectivity index (χ2n) is 2.67. The van der Waals surface area contributed by atoms with Crippen molar-refractivity contribution in [1.29, 1.82) is 5.26 Å². The quantitative estimate of drug-likeness (QED) is 0.341. The van der Waals surface area contributed by atoms with Crippen molar-refractivity contribution in [1.82, 2.24) is 0 Å². The Labute approximate surface area is 90.8 Å². The summed E-state index contributed by atoms with van der Waals surface area (Å²) in [6.07, 6.45) is 0. The van der Waals surface area contributed by atoms with Gasteiger partial charge in [-0.3, -0.25) is 0 Å². The molecule has 1 rings (SSSR count). The Balaban J connectivity index is 2.75. The van der Waals surface area contributed by atoms with Gasteiger partial charge < -0.3 is 11.6 Å². The smallest absolute Gasteiger partial charge is 0.177 e. The van der Waals surface area contributed by atoms with Crippen LogP contribution in [0, 0.1) is 17.1 Å². The summed E-state index contributed by atoms with van der Waals surface area (Å²) in [6, 6.07) is 6.14. The normalized spacial score (nSPS) is 11.1. The number of thioether (sulfide) groups is 1. The highest BCUT2D eigenvalue weighted by Crippen LogP contribution is 2.16. The van der Waals surface area contributed by atoms with Crippen LogP contribution in [-0.2, 0) is 5.75 Å². The van der Waals surface area contributed by atoms with Gasteiger partial charge in [0.2, 0.25) is 0 Å². The van der Waals surface area contributed by atoms with E-state index in [-0.39, 0.29) is 5.17 Å². The van der Waals surface area contributed by atoms with Crippen molar-refractivity contribution >= 4 is 16.9 Å². The van der Waals surface area contributed by atoms with E-state index in [2.05, 4.69) is 5.10 Å². The number of hydrogen-bond donors (Lipinski definition) is 2. The van der Waals surface area contributed by atoms with Gasteiger partial charge in [-0.25, -0.2) is 4.39 Å². The first kappa shape index (κ1) is 11.3. The van der Waals surface area contributed by atoms with Crippen molar-refractivity contribution in [3.8, 4) is 6.07 Å². The van der Waals surface area contributed by atoms with Crippen molar-refractivity contribution < 1.29 is 4.39 Å². The number of nitrogens with two attached hydrogens (primary N) is 2. The van der Waals surface area contributed by atoms with E-state index in [1.807, 2.05) is 6.07 Å². The molecule has 0 bridgehead atoms. The Morgan fingerprint density at radius 3 is 2.87 bits per heavy atom. The van der Waals surface area contributed by atoms with Gasteiger partial charge in [0.25, 0.3) is 0 Å². The summed E-state index contributed by atoms with van der Waals surface area (Å²) in [5.74, 6) is 4.84. The topological polar surface area (TPSA) is 88.2 Å². The summed E-state index contributed by atoms with van der Waals surface area (Å²) >= 11 is 1.14. The highest BCUT2D eigenvalue weighted by molar-refractivity contribution is 8.13. The number of halogens is 1. The van der Waals surface area contributed by atoms with Crippen LogP contribution in [0.15, 0.2) is 23.3 Å². The van der Waals surface area contributed by atoms with Gasteiger partial charge >= 0.3 is 0 Å². The summed E-state index contributed by atoms with van der Waals surface area (Å²) in [4.78, 5) is 0. The SMILES string of the molecule is N#Cc1ccc(CSC(N)=NN)c(F)c1. The first-order chi connectivity index (χ1) is 7.17. The zero-order valence-electron chi connectivity index (χ0n) is 7.77. The van der Waals surface area contributed by atoms with Crippen LogP contribution in [0.2, 0.25) is 0 Å². The summed E-state index contributed by atoms with van der Waals surface area (Å²) < 4.78 is 13.3. The van der Waals surface area contributed by atoms with Crippen LogP contribution in [0.1, 0.15) is 11.1 Å². The van der Waals surface area contributed by atoms with Crippen LogP contribution in [0.25, 0.3) is 0 Å². The Morgan fingerprint density at radius 1 is 1.60 bits per heavy atom. The Hall–Kier alpha value is -1.74. The van der Waals surface area contributed by atoms with Crippen LogP contribution in [0.3, 0.4) is 0 Å². The zero-order chi connectivity index (χ0) is 11.3. The molecule has 0 aliphatic heterocycles. The maximum atomic E-state index is 13.3. The van der Waals surface area contributed by atoms with Gasteiger partial charge in [-0.05, 0) is 17.7 Å². The molecule has 1 aromatic rings. The molecule has 15 heavy (non-hydrogen) atoms. The fourth-order valence-corrected chi connectivity index (χ4v) is 1.53. The predicted molar refractivity (Wildman–Crippen MR) is 58.2 cm³/mol. The fourth-order valence-electron chi connectivity index (χ4n) is 0.923. The van der Waals surface area contributed by atoms with Crippen molar-refractivity contribution in [3.63, 3.8) is 0 Å². The first-order valence-corrected chi connectivity index (χ1v) is 5.00. The number of hydrogen-bond acceptors (Lipinski definition) is 4. The molecule has 0 fully saturated rings. The van der Waals surface area contributed by atoms with Crippen molar-refractivity contribution in [2.24, 2.45) is 16.7 Å². The molecular formula is C9H9FN4S. The minimum atomic E-state index is -0.425. The molecule has 0 aromatic heterocycles. The average molecular weight is 224 g/mol. The molecule has 0 aliphatic rings.